The van der Waals surface area contributed by atoms with Gasteiger partial charge in [0.1, 0.15) is 0 Å². The van der Waals surface area contributed by atoms with Crippen molar-refractivity contribution >= 4 is 5.91 Å². The molecule has 0 spiro atoms. The summed E-state index contributed by atoms with van der Waals surface area (Å²) < 4.78 is 40.6. The fourth-order valence-electron chi connectivity index (χ4n) is 6.62. The highest BCUT2D eigenvalue weighted by molar-refractivity contribution is 5.82. The molecule has 0 bridgehead atoms. The number of halogens is 3. The van der Waals surface area contributed by atoms with Crippen LogP contribution >= 0.6 is 0 Å². The Hall–Kier alpha value is -0.820. The van der Waals surface area contributed by atoms with Crippen molar-refractivity contribution in [2.24, 2.45) is 29.6 Å². The lowest BCUT2D eigenvalue weighted by atomic mass is 9.73. The summed E-state index contributed by atoms with van der Waals surface area (Å²) in [6.07, 6.45) is 2.87. The minimum atomic E-state index is -4.18. The van der Waals surface area contributed by atoms with Crippen molar-refractivity contribution < 1.29 is 18.0 Å². The van der Waals surface area contributed by atoms with Gasteiger partial charge in [-0.2, -0.15) is 13.2 Å². The lowest BCUT2D eigenvalue weighted by Crippen LogP contribution is -2.43. The lowest BCUT2D eigenvalue weighted by Gasteiger charge is -2.39. The van der Waals surface area contributed by atoms with Gasteiger partial charge in [-0.1, -0.05) is 26.2 Å². The van der Waals surface area contributed by atoms with Crippen molar-refractivity contribution in [3.8, 4) is 0 Å². The van der Waals surface area contributed by atoms with Crippen LogP contribution in [-0.4, -0.2) is 60.8 Å². The SMILES string of the molecule is CC(CC1NCCN1C)C1CCCC(N2CC3C(CCCC3C(F)(F)F)C2=O)C1. The quantitative estimate of drug-likeness (QED) is 0.757. The molecular formula is C22H36F3N3O. The van der Waals surface area contributed by atoms with Gasteiger partial charge in [0.25, 0.3) is 0 Å². The molecule has 0 aromatic carbocycles. The molecule has 0 radical (unpaired) electrons. The molecule has 2 saturated heterocycles. The Bertz CT molecular complexity index is 598. The molecule has 166 valence electrons. The molecule has 7 heteroatoms. The highest BCUT2D eigenvalue weighted by Crippen LogP contribution is 2.49. The Balaban J connectivity index is 1.40. The first-order valence-corrected chi connectivity index (χ1v) is 11.6. The van der Waals surface area contributed by atoms with Crippen molar-refractivity contribution in [1.82, 2.24) is 15.1 Å². The number of likely N-dealkylation sites (N-methyl/N-ethyl adjacent to an activating group) is 1. The lowest BCUT2D eigenvalue weighted by molar-refractivity contribution is -0.198. The Morgan fingerprint density at radius 1 is 1.17 bits per heavy atom. The predicted molar refractivity (Wildman–Crippen MR) is 106 cm³/mol. The number of carbonyl (C=O) groups is 1. The molecule has 2 aliphatic heterocycles. The fraction of sp³-hybridized carbons (Fsp3) is 0.955. The van der Waals surface area contributed by atoms with Crippen molar-refractivity contribution in [2.75, 3.05) is 26.7 Å². The van der Waals surface area contributed by atoms with E-state index in [1.165, 1.54) is 6.42 Å². The molecule has 2 saturated carbocycles. The highest BCUT2D eigenvalue weighted by atomic mass is 19.4. The van der Waals surface area contributed by atoms with Crippen LogP contribution in [0.3, 0.4) is 0 Å². The molecule has 4 rings (SSSR count). The van der Waals surface area contributed by atoms with Crippen LogP contribution in [-0.2, 0) is 4.79 Å². The summed E-state index contributed by atoms with van der Waals surface area (Å²) in [5, 5.41) is 3.56. The Labute approximate surface area is 172 Å². The van der Waals surface area contributed by atoms with Crippen LogP contribution in [0.5, 0.6) is 0 Å². The molecular weight excluding hydrogens is 379 g/mol. The summed E-state index contributed by atoms with van der Waals surface area (Å²) in [5.74, 6) is -1.09. The van der Waals surface area contributed by atoms with E-state index in [1.807, 2.05) is 4.90 Å². The van der Waals surface area contributed by atoms with Crippen LogP contribution in [0.15, 0.2) is 0 Å². The van der Waals surface area contributed by atoms with Gasteiger partial charge in [0.05, 0.1) is 12.1 Å². The summed E-state index contributed by atoms with van der Waals surface area (Å²) in [6.45, 7) is 4.75. The Kier molecular flexibility index (Phi) is 6.18. The third-order valence-corrected chi connectivity index (χ3v) is 8.40. The zero-order valence-electron chi connectivity index (χ0n) is 17.8. The zero-order valence-corrected chi connectivity index (χ0v) is 17.8. The molecule has 2 aliphatic carbocycles. The smallest absolute Gasteiger partial charge is 0.339 e. The molecule has 1 amide bonds. The minimum Gasteiger partial charge on any atom is -0.339 e. The summed E-state index contributed by atoms with van der Waals surface area (Å²) in [4.78, 5) is 17.3. The highest BCUT2D eigenvalue weighted by Gasteiger charge is 2.55. The van der Waals surface area contributed by atoms with Crippen molar-refractivity contribution in [3.63, 3.8) is 0 Å². The molecule has 4 fully saturated rings. The number of amides is 1. The fourth-order valence-corrected chi connectivity index (χ4v) is 6.62. The number of carbonyl (C=O) groups excluding carboxylic acids is 1. The summed E-state index contributed by atoms with van der Waals surface area (Å²) >= 11 is 0. The van der Waals surface area contributed by atoms with Gasteiger partial charge >= 0.3 is 6.18 Å². The van der Waals surface area contributed by atoms with Crippen LogP contribution in [0.4, 0.5) is 13.2 Å². The number of nitrogens with zero attached hydrogens (tertiary/aromatic N) is 2. The molecule has 4 nitrogen and oxygen atoms in total. The molecule has 1 N–H and O–H groups in total. The van der Waals surface area contributed by atoms with Crippen LogP contribution in [0.1, 0.15) is 58.3 Å². The van der Waals surface area contributed by atoms with Crippen molar-refractivity contribution in [2.45, 2.75) is 76.7 Å². The van der Waals surface area contributed by atoms with Gasteiger partial charge in [-0.15, -0.1) is 0 Å². The van der Waals surface area contributed by atoms with E-state index in [1.54, 1.807) is 0 Å². The van der Waals surface area contributed by atoms with E-state index in [-0.39, 0.29) is 18.4 Å². The summed E-state index contributed by atoms with van der Waals surface area (Å²) in [6, 6.07) is 0.137. The van der Waals surface area contributed by atoms with Crippen molar-refractivity contribution in [1.29, 1.82) is 0 Å². The van der Waals surface area contributed by atoms with Crippen LogP contribution in [0, 0.1) is 29.6 Å². The monoisotopic (exact) mass is 415 g/mol. The first-order valence-electron chi connectivity index (χ1n) is 11.6. The van der Waals surface area contributed by atoms with E-state index in [0.29, 0.717) is 37.4 Å². The van der Waals surface area contributed by atoms with E-state index in [0.717, 1.165) is 38.8 Å². The molecule has 29 heavy (non-hydrogen) atoms. The van der Waals surface area contributed by atoms with Crippen LogP contribution in [0.25, 0.3) is 0 Å². The van der Waals surface area contributed by atoms with Gasteiger partial charge in [-0.3, -0.25) is 9.69 Å². The van der Waals surface area contributed by atoms with Gasteiger partial charge in [-0.05, 0) is 56.9 Å². The maximum Gasteiger partial charge on any atom is 0.392 e. The molecule has 0 aromatic rings. The number of nitrogens with one attached hydrogen (secondary N) is 1. The molecule has 7 unspecified atom stereocenters. The van der Waals surface area contributed by atoms with E-state index in [9.17, 15) is 18.0 Å². The Morgan fingerprint density at radius 2 is 1.93 bits per heavy atom. The third-order valence-electron chi connectivity index (χ3n) is 8.40. The standard InChI is InChI=1S/C22H36F3N3O/c1-14(11-20-26-9-10-27(20)2)15-5-3-6-16(12-15)28-13-18-17(21(28)29)7-4-8-19(18)22(23,24)25/h14-20,26H,3-13H2,1-2H3. The minimum absolute atomic E-state index is 0.0134. The van der Waals surface area contributed by atoms with Gasteiger partial charge < -0.3 is 10.2 Å². The van der Waals surface area contributed by atoms with Gasteiger partial charge in [0.15, 0.2) is 0 Å². The first-order chi connectivity index (χ1) is 13.8. The second-order valence-corrected chi connectivity index (χ2v) is 10.1. The second-order valence-electron chi connectivity index (χ2n) is 10.1. The largest absolute Gasteiger partial charge is 0.392 e. The number of likely N-dealkylation sites (tertiary alicyclic amines) is 1. The number of alkyl halides is 3. The van der Waals surface area contributed by atoms with Gasteiger partial charge in [0, 0.05) is 31.6 Å². The van der Waals surface area contributed by atoms with E-state index < -0.39 is 23.9 Å². The normalized spacial score (nSPS) is 40.3. The summed E-state index contributed by atoms with van der Waals surface area (Å²) in [5.41, 5.74) is 0. The predicted octanol–water partition coefficient (Wildman–Crippen LogP) is 3.87. The third kappa shape index (κ3) is 4.32. The summed E-state index contributed by atoms with van der Waals surface area (Å²) in [7, 11) is 2.16. The topological polar surface area (TPSA) is 35.6 Å². The van der Waals surface area contributed by atoms with E-state index in [4.69, 9.17) is 0 Å². The molecule has 7 atom stereocenters. The number of rotatable bonds is 4. The van der Waals surface area contributed by atoms with E-state index >= 15 is 0 Å². The van der Waals surface area contributed by atoms with Gasteiger partial charge in [-0.25, -0.2) is 0 Å². The maximum absolute atomic E-state index is 13.5. The average molecular weight is 416 g/mol. The molecule has 4 aliphatic rings. The average Bonchev–Trinajstić information content (AvgIpc) is 3.24. The Morgan fingerprint density at radius 3 is 2.62 bits per heavy atom. The van der Waals surface area contributed by atoms with Crippen LogP contribution < -0.4 is 5.32 Å². The number of hydrogen-bond donors (Lipinski definition) is 1. The maximum atomic E-state index is 13.5. The van der Waals surface area contributed by atoms with E-state index in [2.05, 4.69) is 24.2 Å². The second kappa shape index (κ2) is 8.37. The molecule has 2 heterocycles. The first kappa shape index (κ1) is 21.4. The van der Waals surface area contributed by atoms with Crippen LogP contribution in [0.2, 0.25) is 0 Å². The zero-order chi connectivity index (χ0) is 20.8. The number of fused-ring (bicyclic) bond motifs is 1. The number of hydrogen-bond acceptors (Lipinski definition) is 3. The van der Waals surface area contributed by atoms with Gasteiger partial charge in [0.2, 0.25) is 5.91 Å². The molecule has 0 aromatic heterocycles. The van der Waals surface area contributed by atoms with Crippen molar-refractivity contribution in [3.05, 3.63) is 0 Å².